The van der Waals surface area contributed by atoms with E-state index < -0.39 is 14.8 Å². The Kier molecular flexibility index (Phi) is 28.8. The van der Waals surface area contributed by atoms with Gasteiger partial charge in [0.1, 0.15) is 0 Å². The first kappa shape index (κ1) is 30.3. The van der Waals surface area contributed by atoms with Crippen molar-refractivity contribution >= 4 is 14.8 Å². The van der Waals surface area contributed by atoms with E-state index in [0.717, 1.165) is 0 Å². The van der Waals surface area contributed by atoms with E-state index in [-0.39, 0.29) is 50.6 Å². The van der Waals surface area contributed by atoms with Gasteiger partial charge in [0.2, 0.25) is 0 Å². The Morgan fingerprint density at radius 2 is 1.35 bits per heavy atom. The van der Waals surface area contributed by atoms with E-state index in [2.05, 4.69) is 0 Å². The van der Waals surface area contributed by atoms with E-state index in [4.69, 9.17) is 14.4 Å². The predicted octanol–water partition coefficient (Wildman–Crippen LogP) is -1.93. The third-order valence-electron chi connectivity index (χ3n) is 1.64. The maximum Gasteiger partial charge on any atom is 4.00 e. The Balaban J connectivity index is -0.000000120. The average molecular weight is 306 g/mol. The fourth-order valence-corrected chi connectivity index (χ4v) is 1.71. The van der Waals surface area contributed by atoms with Gasteiger partial charge in [-0.1, -0.05) is 12.8 Å². The zero-order valence-electron chi connectivity index (χ0n) is 9.24. The van der Waals surface area contributed by atoms with Crippen molar-refractivity contribution in [3.05, 3.63) is 0 Å². The van der Waals surface area contributed by atoms with Crippen LogP contribution in [0.5, 0.6) is 0 Å². The van der Waals surface area contributed by atoms with Crippen molar-refractivity contribution in [2.45, 2.75) is 38.1 Å². The zero-order chi connectivity index (χ0) is 10.3. The van der Waals surface area contributed by atoms with E-state index in [0.29, 0.717) is 25.7 Å². The van der Waals surface area contributed by atoms with Gasteiger partial charge in [-0.25, -0.2) is 0 Å². The van der Waals surface area contributed by atoms with Crippen LogP contribution in [0.25, 0.3) is 0 Å². The Morgan fingerprint density at radius 1 is 0.941 bits per heavy atom. The summed E-state index contributed by atoms with van der Waals surface area (Å²) in [5.74, 6) is -1.06. The number of carboxylic acids is 1. The summed E-state index contributed by atoms with van der Waals surface area (Å²) < 4.78 is 0. The molecule has 0 atom stereocenters. The molecule has 0 amide bonds. The van der Waals surface area contributed by atoms with Crippen LogP contribution in [0.15, 0.2) is 0 Å². The van der Waals surface area contributed by atoms with Gasteiger partial charge in [0.15, 0.2) is 0 Å². The number of carbonyl (C=O) groups is 1. The van der Waals surface area contributed by atoms with E-state index in [1.165, 1.54) is 0 Å². The minimum Gasteiger partial charge on any atom is -0.870 e. The Bertz CT molecular complexity index is 162. The number of carbonyl (C=O) groups excluding carboxylic acids is 1. The maximum absolute atomic E-state index is 9.97. The molecule has 0 radical (unpaired) electrons. The summed E-state index contributed by atoms with van der Waals surface area (Å²) in [6, 6.07) is 0.0261. The number of hydrogen-bond donors (Lipinski definition) is 3. The predicted molar refractivity (Wildman–Crippen MR) is 51.1 cm³/mol. The molecule has 0 aromatic carbocycles. The van der Waals surface area contributed by atoms with Gasteiger partial charge in [-0.15, -0.1) is 0 Å². The molecule has 102 valence electrons. The quantitative estimate of drug-likeness (QED) is 0.357. The van der Waals surface area contributed by atoms with Crippen LogP contribution in [0, 0.1) is 0 Å². The average Bonchev–Trinajstić information content (AvgIpc) is 1.93. The molecule has 17 heavy (non-hydrogen) atoms. The first-order valence-corrected chi connectivity index (χ1v) is 6.33. The fourth-order valence-electron chi connectivity index (χ4n) is 0.985. The van der Waals surface area contributed by atoms with Gasteiger partial charge in [0.25, 0.3) is 0 Å². The molecule has 0 aliphatic carbocycles. The molecule has 0 aliphatic rings. The van der Waals surface area contributed by atoms with Gasteiger partial charge in [-0.05, 0) is 19.3 Å². The molecule has 0 saturated heterocycles. The number of aliphatic carboxylic acids is 1. The Morgan fingerprint density at radius 3 is 1.71 bits per heavy atom. The molecule has 6 N–H and O–H groups in total. The van der Waals surface area contributed by atoms with E-state index >= 15 is 0 Å². The van der Waals surface area contributed by atoms with Crippen LogP contribution in [0.4, 0.5) is 0 Å². The molecular formula is C7H18O8SiTi. The molecule has 0 spiro atoms. The molecule has 0 heterocycles. The second-order valence-electron chi connectivity index (χ2n) is 3.06. The largest absolute Gasteiger partial charge is 4.00 e. The maximum atomic E-state index is 9.97. The second-order valence-corrected chi connectivity index (χ2v) is 5.11. The van der Waals surface area contributed by atoms with Gasteiger partial charge in [0.05, 0.1) is 0 Å². The summed E-state index contributed by atoms with van der Waals surface area (Å²) in [6.07, 6.45) is 2.50. The van der Waals surface area contributed by atoms with E-state index in [1.54, 1.807) is 0 Å². The summed E-state index contributed by atoms with van der Waals surface area (Å²) in [5.41, 5.74) is 0. The SMILES string of the molecule is O=C([O-])CCCCCC[Si](O)(O)O.[OH-].[OH-].[OH-].[Ti+4]. The molecule has 0 unspecified atom stereocenters. The van der Waals surface area contributed by atoms with Crippen molar-refractivity contribution in [1.29, 1.82) is 0 Å². The van der Waals surface area contributed by atoms with Crippen molar-refractivity contribution in [3.63, 3.8) is 0 Å². The first-order valence-electron chi connectivity index (χ1n) is 4.29. The van der Waals surface area contributed by atoms with E-state index in [9.17, 15) is 9.90 Å². The first-order chi connectivity index (χ1) is 5.92. The van der Waals surface area contributed by atoms with Crippen LogP contribution >= 0.6 is 0 Å². The van der Waals surface area contributed by atoms with Crippen molar-refractivity contribution < 1.29 is 62.4 Å². The van der Waals surface area contributed by atoms with Crippen LogP contribution in [0.1, 0.15) is 32.1 Å². The second kappa shape index (κ2) is 16.2. The summed E-state index contributed by atoms with van der Waals surface area (Å²) in [6.45, 7) is 0. The molecule has 0 fully saturated rings. The third kappa shape index (κ3) is 31.4. The van der Waals surface area contributed by atoms with Crippen molar-refractivity contribution in [2.24, 2.45) is 0 Å². The fraction of sp³-hybridized carbons (Fsp3) is 0.857. The monoisotopic (exact) mass is 306 g/mol. The van der Waals surface area contributed by atoms with Crippen molar-refractivity contribution in [1.82, 2.24) is 0 Å². The smallest absolute Gasteiger partial charge is 0.870 e. The molecule has 10 heteroatoms. The summed E-state index contributed by atoms with van der Waals surface area (Å²) in [7, 11) is -3.87. The standard InChI is InChI=1S/C7H16O5Si.3H2O.Ti/c8-7(9)5-3-1-2-4-6-13(10,11)12;;;;/h10-12H,1-6H2,(H,8,9);3*1H2;/q;;;;+4/p-4. The third-order valence-corrected chi connectivity index (χ3v) is 2.67. The zero-order valence-corrected chi connectivity index (χ0v) is 11.8. The van der Waals surface area contributed by atoms with Gasteiger partial charge in [-0.2, -0.15) is 0 Å². The molecule has 0 aromatic rings. The molecule has 8 nitrogen and oxygen atoms in total. The Labute approximate surface area is 115 Å². The summed E-state index contributed by atoms with van der Waals surface area (Å²) in [5, 5.41) is 9.97. The van der Waals surface area contributed by atoms with Gasteiger partial charge in [0, 0.05) is 12.0 Å². The number of hydrogen-bond acceptors (Lipinski definition) is 8. The van der Waals surface area contributed by atoms with Gasteiger partial charge in [-0.3, -0.25) is 0 Å². The normalized spacial score (nSPS) is 8.88. The molecule has 0 rings (SSSR count). The van der Waals surface area contributed by atoms with Gasteiger partial charge < -0.3 is 40.7 Å². The molecular weight excluding hydrogens is 288 g/mol. The molecule has 0 saturated carbocycles. The van der Waals surface area contributed by atoms with Crippen molar-refractivity contribution in [3.8, 4) is 0 Å². The van der Waals surface area contributed by atoms with Crippen LogP contribution in [-0.4, -0.2) is 45.6 Å². The Hall–Kier alpha value is 0.161. The summed E-state index contributed by atoms with van der Waals surface area (Å²) >= 11 is 0. The molecule has 0 aromatic heterocycles. The van der Waals surface area contributed by atoms with Gasteiger partial charge >= 0.3 is 30.5 Å². The molecule has 0 aliphatic heterocycles. The number of rotatable bonds is 7. The van der Waals surface area contributed by atoms with Crippen LogP contribution in [0.2, 0.25) is 6.04 Å². The minimum absolute atomic E-state index is 0. The summed E-state index contributed by atoms with van der Waals surface area (Å²) in [4.78, 5) is 35.8. The van der Waals surface area contributed by atoms with Crippen LogP contribution in [0.3, 0.4) is 0 Å². The topological polar surface area (TPSA) is 191 Å². The van der Waals surface area contributed by atoms with E-state index in [1.807, 2.05) is 0 Å². The number of carboxylic acid groups (broad SMARTS) is 1. The molecule has 0 bridgehead atoms. The van der Waals surface area contributed by atoms with Crippen LogP contribution in [-0.2, 0) is 26.5 Å². The number of unbranched alkanes of at least 4 members (excludes halogenated alkanes) is 3. The minimum atomic E-state index is -3.87. The van der Waals surface area contributed by atoms with Crippen LogP contribution < -0.4 is 5.11 Å². The van der Waals surface area contributed by atoms with Crippen molar-refractivity contribution in [2.75, 3.05) is 0 Å².